The van der Waals surface area contributed by atoms with Gasteiger partial charge in [-0.1, -0.05) is 11.3 Å². The average Bonchev–Trinajstić information content (AvgIpc) is 2.93. The van der Waals surface area contributed by atoms with E-state index in [2.05, 4.69) is 0 Å². The molecule has 8 heteroatoms. The highest BCUT2D eigenvalue weighted by atomic mass is 35.5. The summed E-state index contributed by atoms with van der Waals surface area (Å²) in [6.45, 7) is 1.90. The van der Waals surface area contributed by atoms with E-state index >= 15 is 0 Å². The van der Waals surface area contributed by atoms with E-state index in [9.17, 15) is 14.9 Å². The number of hydrogen-bond donors (Lipinski definition) is 0. The van der Waals surface area contributed by atoms with Gasteiger partial charge in [-0.2, -0.15) is 0 Å². The number of thiazole rings is 1. The molecule has 0 radical (unpaired) electrons. The van der Waals surface area contributed by atoms with Crippen LogP contribution in [0.5, 0.6) is 0 Å². The molecular weight excluding hydrogens is 332 g/mol. The summed E-state index contributed by atoms with van der Waals surface area (Å²) >= 11 is 2.97. The number of thioether (sulfide) groups is 1. The second-order valence-corrected chi connectivity index (χ2v) is 6.39. The number of nitro groups is 1. The predicted octanol–water partition coefficient (Wildman–Crippen LogP) is 0.0432. The zero-order valence-electron chi connectivity index (χ0n) is 10.8. The van der Waals surface area contributed by atoms with Crippen LogP contribution in [0.4, 0.5) is 5.69 Å². The molecule has 1 aliphatic heterocycles. The number of non-ortho nitro benzene ring substituents is 1. The first kappa shape index (κ1) is 15.7. The first-order valence-corrected chi connectivity index (χ1v) is 7.45. The fourth-order valence-corrected chi connectivity index (χ4v) is 4.08. The topological polar surface area (TPSA) is 64.1 Å². The van der Waals surface area contributed by atoms with Crippen LogP contribution in [0.1, 0.15) is 16.1 Å². The van der Waals surface area contributed by atoms with Crippen molar-refractivity contribution in [1.82, 2.24) is 0 Å². The molecule has 21 heavy (non-hydrogen) atoms. The number of benzene rings is 1. The van der Waals surface area contributed by atoms with E-state index in [1.165, 1.54) is 35.2 Å². The molecule has 1 aromatic carbocycles. The molecule has 108 valence electrons. The fourth-order valence-electron chi connectivity index (χ4n) is 1.88. The van der Waals surface area contributed by atoms with Gasteiger partial charge in [0.25, 0.3) is 5.69 Å². The minimum atomic E-state index is -0.441. The molecule has 2 aromatic rings. The van der Waals surface area contributed by atoms with E-state index in [0.717, 1.165) is 15.6 Å². The van der Waals surface area contributed by atoms with Crippen LogP contribution in [0.15, 0.2) is 38.9 Å². The monoisotopic (exact) mass is 340 g/mol. The van der Waals surface area contributed by atoms with Gasteiger partial charge in [-0.15, -0.1) is 4.57 Å². The quantitative estimate of drug-likeness (QED) is 0.335. The van der Waals surface area contributed by atoms with E-state index in [4.69, 9.17) is 0 Å². The van der Waals surface area contributed by atoms with Gasteiger partial charge >= 0.3 is 10.2 Å². The Balaban J connectivity index is 0.00000161. The third-order valence-corrected chi connectivity index (χ3v) is 5.13. The van der Waals surface area contributed by atoms with E-state index in [0.29, 0.717) is 4.91 Å². The number of nitro benzene ring substituents is 1. The maximum absolute atomic E-state index is 12.2. The zero-order chi connectivity index (χ0) is 14.3. The van der Waals surface area contributed by atoms with Crippen LogP contribution in [-0.4, -0.2) is 10.8 Å². The minimum absolute atomic E-state index is 0. The molecule has 0 bridgehead atoms. The maximum atomic E-state index is 12.2. The van der Waals surface area contributed by atoms with Gasteiger partial charge in [-0.05, 0) is 23.8 Å². The highest BCUT2D eigenvalue weighted by Crippen LogP contribution is 2.35. The third-order valence-electron chi connectivity index (χ3n) is 2.88. The number of fused-ring (bicyclic) bond motifs is 1. The first-order valence-electron chi connectivity index (χ1n) is 5.75. The standard InChI is InChI=1S/C13H9N2O3S2.ClH/c1-8-7-19-13-14(8)12(16)11(20-13)6-9-2-4-10(5-3-9)15(17)18;/h2-7H,1H3;1H/q+1;/p-1/b11-6+;. The Hall–Kier alpha value is -1.70. The molecule has 5 nitrogen and oxygen atoms in total. The van der Waals surface area contributed by atoms with Crippen molar-refractivity contribution in [2.75, 3.05) is 0 Å². The van der Waals surface area contributed by atoms with Crippen LogP contribution < -0.4 is 17.0 Å². The van der Waals surface area contributed by atoms with E-state index < -0.39 is 4.92 Å². The van der Waals surface area contributed by atoms with Gasteiger partial charge < -0.3 is 12.4 Å². The summed E-state index contributed by atoms with van der Waals surface area (Å²) in [5, 5.41) is 12.5. The van der Waals surface area contributed by atoms with Crippen molar-refractivity contribution in [2.24, 2.45) is 0 Å². The van der Waals surface area contributed by atoms with Gasteiger partial charge in [0.15, 0.2) is 5.69 Å². The number of hydrogen-bond acceptors (Lipinski definition) is 5. The molecule has 0 atom stereocenters. The molecule has 0 saturated carbocycles. The number of rotatable bonds is 2. The summed E-state index contributed by atoms with van der Waals surface area (Å²) in [4.78, 5) is 23.0. The lowest BCUT2D eigenvalue weighted by Gasteiger charge is -1.94. The first-order chi connectivity index (χ1) is 9.56. The predicted molar refractivity (Wildman–Crippen MR) is 76.8 cm³/mol. The van der Waals surface area contributed by atoms with E-state index in [1.54, 1.807) is 22.8 Å². The summed E-state index contributed by atoms with van der Waals surface area (Å²) in [5.41, 5.74) is 1.75. The third kappa shape index (κ3) is 2.85. The Morgan fingerprint density at radius 2 is 1.95 bits per heavy atom. The molecule has 2 heterocycles. The van der Waals surface area contributed by atoms with Crippen LogP contribution in [0.25, 0.3) is 6.08 Å². The fraction of sp³-hybridized carbons (Fsp3) is 0.0769. The van der Waals surface area contributed by atoms with Crippen LogP contribution in [0, 0.1) is 17.0 Å². The highest BCUT2D eigenvalue weighted by molar-refractivity contribution is 8.05. The molecule has 0 unspecified atom stereocenters. The molecule has 0 aliphatic carbocycles. The van der Waals surface area contributed by atoms with Crippen LogP contribution in [0.2, 0.25) is 0 Å². The molecule has 0 amide bonds. The van der Waals surface area contributed by atoms with E-state index in [-0.39, 0.29) is 24.0 Å². The average molecular weight is 341 g/mol. The minimum Gasteiger partial charge on any atom is -1.00 e. The lowest BCUT2D eigenvalue weighted by atomic mass is 10.2. The molecule has 0 N–H and O–H groups in total. The highest BCUT2D eigenvalue weighted by Gasteiger charge is 2.38. The molecule has 3 rings (SSSR count). The van der Waals surface area contributed by atoms with Crippen molar-refractivity contribution in [3.8, 4) is 0 Å². The largest absolute Gasteiger partial charge is 1.00 e. The molecule has 1 aromatic heterocycles. The van der Waals surface area contributed by atoms with Gasteiger partial charge in [0, 0.05) is 30.8 Å². The van der Waals surface area contributed by atoms with Crippen molar-refractivity contribution in [3.63, 3.8) is 0 Å². The van der Waals surface area contributed by atoms with Crippen molar-refractivity contribution < 1.29 is 26.7 Å². The Morgan fingerprint density at radius 1 is 1.29 bits per heavy atom. The molecule has 0 spiro atoms. The van der Waals surface area contributed by atoms with Gasteiger partial charge in [0.1, 0.15) is 4.91 Å². The smallest absolute Gasteiger partial charge is 0.433 e. The van der Waals surface area contributed by atoms with Crippen LogP contribution in [0.3, 0.4) is 0 Å². The summed E-state index contributed by atoms with van der Waals surface area (Å²) in [6, 6.07) is 6.15. The molecule has 0 fully saturated rings. The van der Waals surface area contributed by atoms with Crippen LogP contribution >= 0.6 is 23.1 Å². The van der Waals surface area contributed by atoms with Gasteiger partial charge in [-0.3, -0.25) is 10.1 Å². The second kappa shape index (κ2) is 5.97. The Labute approximate surface area is 134 Å². The number of aromatic nitrogens is 1. The maximum Gasteiger partial charge on any atom is 0.433 e. The van der Waals surface area contributed by atoms with Crippen molar-refractivity contribution in [1.29, 1.82) is 0 Å². The van der Waals surface area contributed by atoms with Crippen molar-refractivity contribution in [2.45, 2.75) is 11.3 Å². The molecular formula is C13H9ClN2O3S2. The zero-order valence-corrected chi connectivity index (χ0v) is 13.2. The summed E-state index contributed by atoms with van der Waals surface area (Å²) in [7, 11) is 0. The van der Waals surface area contributed by atoms with Crippen LogP contribution in [-0.2, 0) is 0 Å². The number of allylic oxidation sites excluding steroid dienone is 1. The van der Waals surface area contributed by atoms with Gasteiger partial charge in [-0.25, -0.2) is 4.79 Å². The SMILES string of the molecule is Cc1csc2[n+]1C(=O)/C(=C\c1ccc([N+](=O)[O-])cc1)S2.[Cl-]. The lowest BCUT2D eigenvalue weighted by Crippen LogP contribution is -3.00. The number of carbonyl (C=O) groups is 1. The molecule has 1 aliphatic rings. The normalized spacial score (nSPS) is 14.9. The van der Waals surface area contributed by atoms with Gasteiger partial charge in [0.2, 0.25) is 0 Å². The Bertz CT molecular complexity index is 753. The number of carbonyl (C=O) groups excluding carboxylic acids is 1. The molecule has 0 saturated heterocycles. The van der Waals surface area contributed by atoms with Crippen molar-refractivity contribution >= 4 is 40.8 Å². The lowest BCUT2D eigenvalue weighted by molar-refractivity contribution is -0.606. The van der Waals surface area contributed by atoms with Crippen molar-refractivity contribution in [3.05, 3.63) is 55.9 Å². The number of halogens is 1. The summed E-state index contributed by atoms with van der Waals surface area (Å²) in [5.74, 6) is -0.0397. The van der Waals surface area contributed by atoms with E-state index in [1.807, 2.05) is 12.3 Å². The van der Waals surface area contributed by atoms with Gasteiger partial charge in [0.05, 0.1) is 10.3 Å². The number of aryl methyl sites for hydroxylation is 1. The summed E-state index contributed by atoms with van der Waals surface area (Å²) in [6.07, 6.45) is 1.76. The number of nitrogens with zero attached hydrogens (tertiary/aromatic N) is 2. The Kier molecular flexibility index (Phi) is 4.46. The second-order valence-electron chi connectivity index (χ2n) is 4.24. The summed E-state index contributed by atoms with van der Waals surface area (Å²) < 4.78 is 2.63. The Morgan fingerprint density at radius 3 is 2.52 bits per heavy atom.